The van der Waals surface area contributed by atoms with E-state index in [-0.39, 0.29) is 17.3 Å². The fourth-order valence-electron chi connectivity index (χ4n) is 3.68. The van der Waals surface area contributed by atoms with Crippen molar-refractivity contribution in [2.75, 3.05) is 36.9 Å². The van der Waals surface area contributed by atoms with Crippen molar-refractivity contribution in [1.29, 1.82) is 0 Å². The van der Waals surface area contributed by atoms with Crippen molar-refractivity contribution in [3.63, 3.8) is 0 Å². The molecule has 0 bridgehead atoms. The highest BCUT2D eigenvalue weighted by Crippen LogP contribution is 2.34. The highest BCUT2D eigenvalue weighted by Gasteiger charge is 2.24. The summed E-state index contributed by atoms with van der Waals surface area (Å²) in [5, 5.41) is 8.97. The van der Waals surface area contributed by atoms with Crippen LogP contribution in [0.25, 0.3) is 16.2 Å². The number of imidazole rings is 1. The third kappa shape index (κ3) is 4.81. The Balaban J connectivity index is 1.63. The van der Waals surface area contributed by atoms with Crippen LogP contribution in [0.4, 0.5) is 15.3 Å². The van der Waals surface area contributed by atoms with E-state index in [1.807, 2.05) is 16.8 Å². The molecule has 3 aromatic rings. The van der Waals surface area contributed by atoms with Crippen LogP contribution < -0.4 is 10.2 Å². The van der Waals surface area contributed by atoms with Gasteiger partial charge in [-0.25, -0.2) is 9.37 Å². The Labute approximate surface area is 185 Å². The van der Waals surface area contributed by atoms with Crippen molar-refractivity contribution >= 4 is 33.2 Å². The molecule has 166 valence electrons. The van der Waals surface area contributed by atoms with E-state index in [2.05, 4.69) is 26.1 Å². The predicted molar refractivity (Wildman–Crippen MR) is 123 cm³/mol. The second-order valence-corrected chi connectivity index (χ2v) is 10.0. The highest BCUT2D eigenvalue weighted by molar-refractivity contribution is 7.20. The molecule has 1 saturated heterocycles. The largest absolute Gasteiger partial charge is 0.364 e. The van der Waals surface area contributed by atoms with Gasteiger partial charge in [0.2, 0.25) is 16.0 Å². The Morgan fingerprint density at radius 1 is 1.19 bits per heavy atom. The van der Waals surface area contributed by atoms with Gasteiger partial charge in [-0.15, -0.1) is 5.10 Å². The number of anilines is 2. The zero-order valence-corrected chi connectivity index (χ0v) is 19.3. The molecule has 7 nitrogen and oxygen atoms in total. The monoisotopic (exact) mass is 444 g/mol. The zero-order valence-electron chi connectivity index (χ0n) is 18.5. The molecule has 3 heterocycles. The van der Waals surface area contributed by atoms with E-state index in [4.69, 9.17) is 10.1 Å². The van der Waals surface area contributed by atoms with Crippen LogP contribution in [0.5, 0.6) is 0 Å². The number of rotatable bonds is 5. The van der Waals surface area contributed by atoms with Gasteiger partial charge in [0.1, 0.15) is 11.5 Å². The molecule has 0 atom stereocenters. The lowest BCUT2D eigenvalue weighted by Crippen LogP contribution is -2.41. The molecular formula is C22H29FN6OS. The standard InChI is InChI=1S/C22H29FN6OS/c1-22(2,3)25-19-18(15-8-10-16(23)11-9-15)24-20-29(19)26-21(31-20)27(4)14-17(30)28-12-6-5-7-13-28/h8-11,25H,5-7,12-14H2,1-4H3. The predicted octanol–water partition coefficient (Wildman–Crippen LogP) is 4.26. The molecule has 1 aliphatic heterocycles. The lowest BCUT2D eigenvalue weighted by atomic mass is 10.1. The number of likely N-dealkylation sites (N-methyl/N-ethyl adjacent to an activating group) is 1. The Kier molecular flexibility index (Phi) is 5.88. The lowest BCUT2D eigenvalue weighted by Gasteiger charge is -2.28. The van der Waals surface area contributed by atoms with Gasteiger partial charge in [0.05, 0.1) is 6.54 Å². The maximum atomic E-state index is 13.4. The van der Waals surface area contributed by atoms with Crippen LogP contribution in [-0.2, 0) is 4.79 Å². The van der Waals surface area contributed by atoms with Gasteiger partial charge in [0.15, 0.2) is 5.82 Å². The van der Waals surface area contributed by atoms with Gasteiger partial charge in [0.25, 0.3) is 0 Å². The summed E-state index contributed by atoms with van der Waals surface area (Å²) in [6, 6.07) is 6.31. The number of halogens is 1. The minimum Gasteiger partial charge on any atom is -0.364 e. The minimum atomic E-state index is -0.282. The van der Waals surface area contributed by atoms with Crippen molar-refractivity contribution in [2.24, 2.45) is 0 Å². The smallest absolute Gasteiger partial charge is 0.242 e. The minimum absolute atomic E-state index is 0.134. The van der Waals surface area contributed by atoms with Crippen molar-refractivity contribution in [3.05, 3.63) is 30.1 Å². The normalized spacial score (nSPS) is 14.8. The number of hydrogen-bond acceptors (Lipinski definition) is 6. The topological polar surface area (TPSA) is 65.8 Å². The Hall–Kier alpha value is -2.68. The summed E-state index contributed by atoms with van der Waals surface area (Å²) >= 11 is 1.43. The Morgan fingerprint density at radius 2 is 1.87 bits per heavy atom. The van der Waals surface area contributed by atoms with E-state index in [9.17, 15) is 9.18 Å². The van der Waals surface area contributed by atoms with Crippen LogP contribution in [0.1, 0.15) is 40.0 Å². The molecule has 31 heavy (non-hydrogen) atoms. The van der Waals surface area contributed by atoms with E-state index in [1.165, 1.54) is 29.9 Å². The molecule has 1 aliphatic rings. The molecule has 0 saturated carbocycles. The number of nitrogens with zero attached hydrogens (tertiary/aromatic N) is 5. The summed E-state index contributed by atoms with van der Waals surface area (Å²) in [6.45, 7) is 8.18. The van der Waals surface area contributed by atoms with Crippen LogP contribution in [-0.4, -0.2) is 57.6 Å². The number of nitrogens with one attached hydrogen (secondary N) is 1. The van der Waals surface area contributed by atoms with Gasteiger partial charge < -0.3 is 15.1 Å². The summed E-state index contributed by atoms with van der Waals surface area (Å²) in [7, 11) is 1.89. The first kappa shape index (κ1) is 21.5. The number of benzene rings is 1. The first-order valence-electron chi connectivity index (χ1n) is 10.6. The van der Waals surface area contributed by atoms with Gasteiger partial charge in [-0.05, 0) is 64.3 Å². The molecule has 1 aromatic carbocycles. The van der Waals surface area contributed by atoms with Gasteiger partial charge in [0, 0.05) is 31.2 Å². The van der Waals surface area contributed by atoms with Crippen LogP contribution in [0.3, 0.4) is 0 Å². The van der Waals surface area contributed by atoms with Crippen molar-refractivity contribution in [3.8, 4) is 11.3 Å². The fourth-order valence-corrected chi connectivity index (χ4v) is 4.54. The molecule has 1 N–H and O–H groups in total. The molecule has 9 heteroatoms. The van der Waals surface area contributed by atoms with Crippen molar-refractivity contribution < 1.29 is 9.18 Å². The number of aromatic nitrogens is 3. The lowest BCUT2D eigenvalue weighted by molar-refractivity contribution is -0.130. The molecule has 0 spiro atoms. The summed E-state index contributed by atoms with van der Waals surface area (Å²) < 4.78 is 15.2. The zero-order chi connectivity index (χ0) is 22.2. The maximum Gasteiger partial charge on any atom is 0.242 e. The van der Waals surface area contributed by atoms with Crippen LogP contribution in [0, 0.1) is 5.82 Å². The van der Waals surface area contributed by atoms with Crippen LogP contribution in [0.15, 0.2) is 24.3 Å². The first-order chi connectivity index (χ1) is 14.7. The molecule has 4 rings (SSSR count). The molecule has 1 amide bonds. The van der Waals surface area contributed by atoms with E-state index < -0.39 is 0 Å². The number of carbonyl (C=O) groups excluding carboxylic acids is 1. The Bertz CT molecular complexity index is 1060. The van der Waals surface area contributed by atoms with E-state index in [0.29, 0.717) is 6.54 Å². The summed E-state index contributed by atoms with van der Waals surface area (Å²) in [5.41, 5.74) is 1.33. The number of piperidine rings is 1. The van der Waals surface area contributed by atoms with E-state index >= 15 is 0 Å². The first-order valence-corrected chi connectivity index (χ1v) is 11.5. The van der Waals surface area contributed by atoms with Gasteiger partial charge in [-0.2, -0.15) is 4.52 Å². The van der Waals surface area contributed by atoms with Crippen LogP contribution >= 0.6 is 11.3 Å². The average Bonchev–Trinajstić information content (AvgIpc) is 3.28. The molecule has 0 unspecified atom stereocenters. The second-order valence-electron chi connectivity index (χ2n) is 9.07. The average molecular weight is 445 g/mol. The summed E-state index contributed by atoms with van der Waals surface area (Å²) in [5.74, 6) is 0.609. The molecule has 2 aromatic heterocycles. The third-order valence-corrected chi connectivity index (χ3v) is 6.23. The SMILES string of the molecule is CN(CC(=O)N1CCCCC1)c1nn2c(NC(C)(C)C)c(-c3ccc(F)cc3)nc2s1. The Morgan fingerprint density at radius 3 is 2.52 bits per heavy atom. The maximum absolute atomic E-state index is 13.4. The molecular weight excluding hydrogens is 415 g/mol. The number of likely N-dealkylation sites (tertiary alicyclic amines) is 1. The third-order valence-electron chi connectivity index (χ3n) is 5.21. The quantitative estimate of drug-likeness (QED) is 0.637. The molecule has 0 radical (unpaired) electrons. The molecule has 0 aliphatic carbocycles. The summed E-state index contributed by atoms with van der Waals surface area (Å²) in [6.07, 6.45) is 3.35. The van der Waals surface area contributed by atoms with E-state index in [1.54, 1.807) is 16.6 Å². The fraction of sp³-hybridized carbons (Fsp3) is 0.500. The van der Waals surface area contributed by atoms with Gasteiger partial charge in [-0.3, -0.25) is 4.79 Å². The van der Waals surface area contributed by atoms with Crippen molar-refractivity contribution in [2.45, 2.75) is 45.6 Å². The number of hydrogen-bond donors (Lipinski definition) is 1. The van der Waals surface area contributed by atoms with Gasteiger partial charge in [-0.1, -0.05) is 11.3 Å². The second kappa shape index (κ2) is 8.45. The summed E-state index contributed by atoms with van der Waals surface area (Å²) in [4.78, 5) is 22.0. The number of carbonyl (C=O) groups is 1. The van der Waals surface area contributed by atoms with E-state index in [0.717, 1.165) is 53.1 Å². The number of fused-ring (bicyclic) bond motifs is 1. The van der Waals surface area contributed by atoms with Gasteiger partial charge >= 0.3 is 0 Å². The highest BCUT2D eigenvalue weighted by atomic mass is 32.1. The molecule has 1 fully saturated rings. The van der Waals surface area contributed by atoms with Crippen LogP contribution in [0.2, 0.25) is 0 Å². The number of amides is 1. The van der Waals surface area contributed by atoms with Crippen molar-refractivity contribution in [1.82, 2.24) is 19.5 Å².